The number of ether oxygens (including phenoxy) is 2. The zero-order valence-corrected chi connectivity index (χ0v) is 14.3. The van der Waals surface area contributed by atoms with Crippen LogP contribution in [0.25, 0.3) is 0 Å². The maximum Gasteiger partial charge on any atom is 0.336 e. The first-order chi connectivity index (χ1) is 11.0. The predicted octanol–water partition coefficient (Wildman–Crippen LogP) is 4.70. The topological polar surface area (TPSA) is 52.6 Å². The minimum absolute atomic E-state index is 0.159. The molecule has 1 rings (SSSR count). The number of esters is 2. The third kappa shape index (κ3) is 9.04. The van der Waals surface area contributed by atoms with Crippen LogP contribution in [0.5, 0.6) is 5.75 Å². The van der Waals surface area contributed by atoms with Gasteiger partial charge in [0, 0.05) is 17.2 Å². The molecule has 0 aromatic heterocycles. The molecule has 0 radical (unpaired) electrons. The van der Waals surface area contributed by atoms with Crippen LogP contribution in [0.15, 0.2) is 36.4 Å². The number of unbranched alkanes of at least 4 members (excludes halogenated alkanes) is 3. The highest BCUT2D eigenvalue weighted by Crippen LogP contribution is 2.17. The molecule has 4 nitrogen and oxygen atoms in total. The average Bonchev–Trinajstić information content (AvgIpc) is 2.49. The van der Waals surface area contributed by atoms with E-state index >= 15 is 0 Å². The Bertz CT molecular complexity index is 540. The summed E-state index contributed by atoms with van der Waals surface area (Å²) in [6.07, 6.45) is 7.33. The molecule has 1 aromatic rings. The Morgan fingerprint density at radius 1 is 1.17 bits per heavy atom. The van der Waals surface area contributed by atoms with Gasteiger partial charge in [-0.25, -0.2) is 9.59 Å². The van der Waals surface area contributed by atoms with E-state index < -0.39 is 11.9 Å². The quantitative estimate of drug-likeness (QED) is 0.283. The van der Waals surface area contributed by atoms with Crippen LogP contribution in [0.3, 0.4) is 0 Å². The first-order valence-corrected chi connectivity index (χ1v) is 8.25. The fourth-order valence-corrected chi connectivity index (χ4v) is 2.15. The Hall–Kier alpha value is -1.81. The molecule has 0 heterocycles. The minimum Gasteiger partial charge on any atom is -0.460 e. The summed E-state index contributed by atoms with van der Waals surface area (Å²) < 4.78 is 10.2. The SMILES string of the molecule is CCCCCCC(C)OC(=O)/C=C/C(=O)Oc1cccc(Cl)c1. The van der Waals surface area contributed by atoms with Gasteiger partial charge in [-0.2, -0.15) is 0 Å². The van der Waals surface area contributed by atoms with Crippen LogP contribution < -0.4 is 4.74 Å². The van der Waals surface area contributed by atoms with E-state index in [0.29, 0.717) is 10.8 Å². The standard InChI is InChI=1S/C18H23ClO4/c1-3-4-5-6-8-14(2)22-17(20)11-12-18(21)23-16-10-7-9-15(19)13-16/h7,9-14H,3-6,8H2,1-2H3/b12-11+. The number of hydrogen-bond acceptors (Lipinski definition) is 4. The maximum atomic E-state index is 11.6. The van der Waals surface area contributed by atoms with Crippen molar-refractivity contribution < 1.29 is 19.1 Å². The van der Waals surface area contributed by atoms with Crippen molar-refractivity contribution in [2.45, 2.75) is 52.1 Å². The Balaban J connectivity index is 2.32. The number of benzene rings is 1. The summed E-state index contributed by atoms with van der Waals surface area (Å²) in [5.41, 5.74) is 0. The smallest absolute Gasteiger partial charge is 0.336 e. The Kier molecular flexibility index (Phi) is 9.07. The van der Waals surface area contributed by atoms with Crippen LogP contribution in [0.4, 0.5) is 0 Å². The molecule has 1 atom stereocenters. The summed E-state index contributed by atoms with van der Waals surface area (Å²) in [5, 5.41) is 0.468. The molecule has 5 heteroatoms. The second-order valence-electron chi connectivity index (χ2n) is 5.31. The summed E-state index contributed by atoms with van der Waals surface area (Å²) in [5.74, 6) is -0.874. The highest BCUT2D eigenvalue weighted by Gasteiger charge is 2.08. The van der Waals surface area contributed by atoms with Crippen molar-refractivity contribution in [2.75, 3.05) is 0 Å². The molecular formula is C18H23ClO4. The van der Waals surface area contributed by atoms with Gasteiger partial charge in [0.2, 0.25) is 0 Å². The predicted molar refractivity (Wildman–Crippen MR) is 90.5 cm³/mol. The van der Waals surface area contributed by atoms with E-state index in [1.165, 1.54) is 18.9 Å². The second-order valence-corrected chi connectivity index (χ2v) is 5.75. The second kappa shape index (κ2) is 10.8. The van der Waals surface area contributed by atoms with Crippen molar-refractivity contribution >= 4 is 23.5 Å². The summed E-state index contributed by atoms with van der Waals surface area (Å²) >= 11 is 5.79. The molecule has 1 unspecified atom stereocenters. The zero-order chi connectivity index (χ0) is 17.1. The Morgan fingerprint density at radius 2 is 1.91 bits per heavy atom. The van der Waals surface area contributed by atoms with E-state index in [2.05, 4.69) is 6.92 Å². The first-order valence-electron chi connectivity index (χ1n) is 7.87. The van der Waals surface area contributed by atoms with E-state index in [9.17, 15) is 9.59 Å². The number of rotatable bonds is 9. The lowest BCUT2D eigenvalue weighted by molar-refractivity contribution is -0.143. The van der Waals surface area contributed by atoms with Gasteiger partial charge in [-0.3, -0.25) is 0 Å². The molecule has 0 aliphatic heterocycles. The number of hydrogen-bond donors (Lipinski definition) is 0. The van der Waals surface area contributed by atoms with E-state index in [4.69, 9.17) is 21.1 Å². The van der Waals surface area contributed by atoms with Crippen molar-refractivity contribution in [1.29, 1.82) is 0 Å². The number of halogens is 1. The lowest BCUT2D eigenvalue weighted by atomic mass is 10.1. The molecule has 0 aliphatic rings. The van der Waals surface area contributed by atoms with Gasteiger partial charge in [0.25, 0.3) is 0 Å². The molecule has 0 amide bonds. The molecule has 0 saturated carbocycles. The maximum absolute atomic E-state index is 11.6. The van der Waals surface area contributed by atoms with E-state index in [-0.39, 0.29) is 6.10 Å². The van der Waals surface area contributed by atoms with E-state index in [0.717, 1.165) is 31.4 Å². The van der Waals surface area contributed by atoms with Crippen LogP contribution >= 0.6 is 11.6 Å². The summed E-state index contributed by atoms with van der Waals surface area (Å²) in [6, 6.07) is 6.47. The lowest BCUT2D eigenvalue weighted by Gasteiger charge is -2.11. The van der Waals surface area contributed by atoms with Crippen molar-refractivity contribution in [3.8, 4) is 5.75 Å². The number of carbonyl (C=O) groups excluding carboxylic acids is 2. The molecule has 0 spiro atoms. The molecule has 0 bridgehead atoms. The van der Waals surface area contributed by atoms with Crippen molar-refractivity contribution in [1.82, 2.24) is 0 Å². The summed E-state index contributed by atoms with van der Waals surface area (Å²) in [7, 11) is 0. The van der Waals surface area contributed by atoms with E-state index in [1.807, 2.05) is 6.92 Å². The summed E-state index contributed by atoms with van der Waals surface area (Å²) in [4.78, 5) is 23.2. The van der Waals surface area contributed by atoms with Crippen LogP contribution in [0, 0.1) is 0 Å². The molecule has 0 N–H and O–H groups in total. The fourth-order valence-electron chi connectivity index (χ4n) is 1.97. The first kappa shape index (κ1) is 19.2. The van der Waals surface area contributed by atoms with Crippen LogP contribution in [-0.4, -0.2) is 18.0 Å². The zero-order valence-electron chi connectivity index (χ0n) is 13.6. The van der Waals surface area contributed by atoms with Crippen molar-refractivity contribution in [3.63, 3.8) is 0 Å². The van der Waals surface area contributed by atoms with Crippen LogP contribution in [-0.2, 0) is 14.3 Å². The number of carbonyl (C=O) groups is 2. The van der Waals surface area contributed by atoms with Gasteiger partial charge in [-0.15, -0.1) is 0 Å². The van der Waals surface area contributed by atoms with Gasteiger partial charge in [-0.1, -0.05) is 43.9 Å². The molecule has 0 fully saturated rings. The van der Waals surface area contributed by atoms with Crippen LogP contribution in [0.2, 0.25) is 5.02 Å². The molecule has 1 aromatic carbocycles. The van der Waals surface area contributed by atoms with Gasteiger partial charge in [0.1, 0.15) is 5.75 Å². The van der Waals surface area contributed by atoms with Crippen molar-refractivity contribution in [2.24, 2.45) is 0 Å². The molecule has 0 saturated heterocycles. The normalized spacial score (nSPS) is 12.1. The minimum atomic E-state index is -0.653. The van der Waals surface area contributed by atoms with Gasteiger partial charge >= 0.3 is 11.9 Å². The highest BCUT2D eigenvalue weighted by atomic mass is 35.5. The van der Waals surface area contributed by atoms with Gasteiger partial charge in [0.15, 0.2) is 0 Å². The lowest BCUT2D eigenvalue weighted by Crippen LogP contribution is -2.13. The molecule has 0 aliphatic carbocycles. The third-order valence-corrected chi connectivity index (χ3v) is 3.39. The van der Waals surface area contributed by atoms with Gasteiger partial charge in [-0.05, 0) is 38.0 Å². The van der Waals surface area contributed by atoms with Crippen molar-refractivity contribution in [3.05, 3.63) is 41.4 Å². The fraction of sp³-hybridized carbons (Fsp3) is 0.444. The molecular weight excluding hydrogens is 316 g/mol. The van der Waals surface area contributed by atoms with Crippen LogP contribution in [0.1, 0.15) is 46.0 Å². The van der Waals surface area contributed by atoms with E-state index in [1.54, 1.807) is 18.2 Å². The van der Waals surface area contributed by atoms with Gasteiger partial charge in [0.05, 0.1) is 6.10 Å². The summed E-state index contributed by atoms with van der Waals surface area (Å²) in [6.45, 7) is 4.00. The largest absolute Gasteiger partial charge is 0.460 e. The monoisotopic (exact) mass is 338 g/mol. The molecule has 126 valence electrons. The Morgan fingerprint density at radius 3 is 2.61 bits per heavy atom. The molecule has 23 heavy (non-hydrogen) atoms. The average molecular weight is 339 g/mol. The van der Waals surface area contributed by atoms with Gasteiger partial charge < -0.3 is 9.47 Å². The Labute approximate surface area is 142 Å². The third-order valence-electron chi connectivity index (χ3n) is 3.15. The highest BCUT2D eigenvalue weighted by molar-refractivity contribution is 6.30.